The average molecular weight is 520 g/mol. The van der Waals surface area contributed by atoms with Crippen molar-refractivity contribution >= 4 is 23.5 Å². The predicted molar refractivity (Wildman–Crippen MR) is 143 cm³/mol. The highest BCUT2D eigenvalue weighted by Crippen LogP contribution is 2.36. The number of halogens is 1. The third-order valence-corrected chi connectivity index (χ3v) is 7.70. The lowest BCUT2D eigenvalue weighted by atomic mass is 9.85. The molecule has 38 heavy (non-hydrogen) atoms. The van der Waals surface area contributed by atoms with Crippen LogP contribution in [0.4, 0.5) is 14.9 Å². The maximum absolute atomic E-state index is 14.2. The van der Waals surface area contributed by atoms with Crippen molar-refractivity contribution in [2.75, 3.05) is 51.2 Å². The number of urea groups is 1. The molecule has 200 valence electrons. The Labute approximate surface area is 222 Å². The van der Waals surface area contributed by atoms with Gasteiger partial charge in [0.15, 0.2) is 0 Å². The zero-order chi connectivity index (χ0) is 27.2. The van der Waals surface area contributed by atoms with Gasteiger partial charge in [-0.25, -0.2) is 9.18 Å². The van der Waals surface area contributed by atoms with E-state index in [0.29, 0.717) is 43.1 Å². The van der Waals surface area contributed by atoms with E-state index in [0.717, 1.165) is 11.1 Å². The molecule has 0 bridgehead atoms. The van der Waals surface area contributed by atoms with Gasteiger partial charge >= 0.3 is 6.03 Å². The summed E-state index contributed by atoms with van der Waals surface area (Å²) in [5.41, 5.74) is 3.65. The Balaban J connectivity index is 1.27. The first-order valence-electron chi connectivity index (χ1n) is 13.0. The van der Waals surface area contributed by atoms with E-state index < -0.39 is 6.04 Å². The van der Waals surface area contributed by atoms with Crippen molar-refractivity contribution in [3.05, 3.63) is 76.7 Å². The van der Waals surface area contributed by atoms with Crippen molar-refractivity contribution in [2.45, 2.75) is 32.2 Å². The van der Waals surface area contributed by atoms with Gasteiger partial charge in [-0.15, -0.1) is 0 Å². The molecule has 0 unspecified atom stereocenters. The van der Waals surface area contributed by atoms with E-state index in [1.165, 1.54) is 15.9 Å². The molecule has 1 atom stereocenters. The van der Waals surface area contributed by atoms with Crippen LogP contribution in [0.2, 0.25) is 0 Å². The van der Waals surface area contributed by atoms with E-state index in [1.54, 1.807) is 30.1 Å². The molecule has 1 saturated heterocycles. The number of hydrogen-bond donors (Lipinski definition) is 1. The van der Waals surface area contributed by atoms with Gasteiger partial charge in [-0.1, -0.05) is 57.2 Å². The number of nitrogens with one attached hydrogen (secondary N) is 1. The number of carbonyl (C=O) groups excluding carboxylic acids is 3. The molecule has 8 nitrogen and oxygen atoms in total. The number of likely N-dealkylation sites (N-methyl/N-ethyl adjacent to an activating group) is 1. The highest BCUT2D eigenvalue weighted by molar-refractivity contribution is 6.03. The number of para-hydroxylation sites is 1. The molecule has 0 spiro atoms. The van der Waals surface area contributed by atoms with E-state index in [1.807, 2.05) is 29.2 Å². The van der Waals surface area contributed by atoms with Gasteiger partial charge in [-0.05, 0) is 28.7 Å². The van der Waals surface area contributed by atoms with Crippen molar-refractivity contribution in [1.82, 2.24) is 20.0 Å². The SMILES string of the molecule is CN1C(=O)N[C@H](c2ccc(C(C)(C)C)cc2)C2=C1CN(CC(=O)N1CCN(c3ccccc3F)CC1)C2=O. The molecule has 0 aliphatic carbocycles. The number of amides is 4. The Morgan fingerprint density at radius 1 is 1.00 bits per heavy atom. The molecule has 5 rings (SSSR count). The first-order chi connectivity index (χ1) is 18.0. The van der Waals surface area contributed by atoms with Crippen LogP contribution in [0, 0.1) is 5.82 Å². The molecular weight excluding hydrogens is 485 g/mol. The highest BCUT2D eigenvalue weighted by Gasteiger charge is 2.43. The largest absolute Gasteiger partial charge is 0.366 e. The third-order valence-electron chi connectivity index (χ3n) is 7.70. The number of hydrogen-bond acceptors (Lipinski definition) is 4. The number of anilines is 1. The van der Waals surface area contributed by atoms with Crippen molar-refractivity contribution in [1.29, 1.82) is 0 Å². The predicted octanol–water partition coefficient (Wildman–Crippen LogP) is 3.26. The smallest absolute Gasteiger partial charge is 0.322 e. The maximum atomic E-state index is 14.2. The molecular formula is C29H34FN5O3. The zero-order valence-electron chi connectivity index (χ0n) is 22.3. The molecule has 3 aliphatic rings. The van der Waals surface area contributed by atoms with Gasteiger partial charge in [0.2, 0.25) is 5.91 Å². The Morgan fingerprint density at radius 2 is 1.66 bits per heavy atom. The second-order valence-corrected chi connectivity index (χ2v) is 11.2. The van der Waals surface area contributed by atoms with Crippen LogP contribution in [0.5, 0.6) is 0 Å². The monoisotopic (exact) mass is 519 g/mol. The molecule has 0 saturated carbocycles. The summed E-state index contributed by atoms with van der Waals surface area (Å²) in [4.78, 5) is 46.1. The van der Waals surface area contributed by atoms with Gasteiger partial charge in [0.25, 0.3) is 5.91 Å². The lowest BCUT2D eigenvalue weighted by molar-refractivity contribution is -0.137. The minimum absolute atomic E-state index is 0.0138. The van der Waals surface area contributed by atoms with Gasteiger partial charge < -0.3 is 20.0 Å². The number of benzene rings is 2. The topological polar surface area (TPSA) is 76.2 Å². The molecule has 2 aromatic carbocycles. The summed E-state index contributed by atoms with van der Waals surface area (Å²) < 4.78 is 14.2. The lowest BCUT2D eigenvalue weighted by Gasteiger charge is -2.36. The van der Waals surface area contributed by atoms with E-state index in [9.17, 15) is 18.8 Å². The van der Waals surface area contributed by atoms with Crippen molar-refractivity contribution < 1.29 is 18.8 Å². The number of nitrogens with zero attached hydrogens (tertiary/aromatic N) is 4. The van der Waals surface area contributed by atoms with Crippen LogP contribution in [-0.4, -0.2) is 78.9 Å². The van der Waals surface area contributed by atoms with E-state index >= 15 is 0 Å². The van der Waals surface area contributed by atoms with Crippen molar-refractivity contribution in [3.63, 3.8) is 0 Å². The molecule has 4 amide bonds. The second kappa shape index (κ2) is 9.78. The first-order valence-corrected chi connectivity index (χ1v) is 13.0. The number of rotatable bonds is 4. The fourth-order valence-corrected chi connectivity index (χ4v) is 5.34. The highest BCUT2D eigenvalue weighted by atomic mass is 19.1. The summed E-state index contributed by atoms with van der Waals surface area (Å²) in [7, 11) is 1.64. The number of piperazine rings is 1. The fourth-order valence-electron chi connectivity index (χ4n) is 5.34. The normalized spacial score (nSPS) is 20.2. The molecule has 3 heterocycles. The summed E-state index contributed by atoms with van der Waals surface area (Å²) in [6.07, 6.45) is 0. The van der Waals surface area contributed by atoms with Gasteiger partial charge in [0.05, 0.1) is 29.5 Å². The summed E-state index contributed by atoms with van der Waals surface area (Å²) in [6, 6.07) is 13.8. The van der Waals surface area contributed by atoms with E-state index in [4.69, 9.17) is 0 Å². The molecule has 0 radical (unpaired) electrons. The third kappa shape index (κ3) is 4.73. The summed E-state index contributed by atoms with van der Waals surface area (Å²) in [5, 5.41) is 2.95. The molecule has 1 fully saturated rings. The second-order valence-electron chi connectivity index (χ2n) is 11.2. The standard InChI is InChI=1S/C29H34FN5O3/c1-29(2,3)20-11-9-19(10-12-20)26-25-23(32(4)28(38)31-26)17-35(27(25)37)18-24(36)34-15-13-33(14-16-34)22-8-6-5-7-21(22)30/h5-12,26H,13-18H2,1-4H3,(H,31,38)/t26-/m1/s1. The Morgan fingerprint density at radius 3 is 2.29 bits per heavy atom. The van der Waals surface area contributed by atoms with Crippen LogP contribution in [-0.2, 0) is 15.0 Å². The average Bonchev–Trinajstić information content (AvgIpc) is 3.22. The number of carbonyl (C=O) groups is 3. The van der Waals surface area contributed by atoms with Crippen LogP contribution in [0.15, 0.2) is 59.8 Å². The Bertz CT molecular complexity index is 1290. The van der Waals surface area contributed by atoms with Gasteiger partial charge in [0, 0.05) is 33.2 Å². The molecule has 3 aliphatic heterocycles. The molecule has 2 aromatic rings. The molecule has 9 heteroatoms. The first kappa shape index (κ1) is 25.8. The van der Waals surface area contributed by atoms with Crippen LogP contribution in [0.3, 0.4) is 0 Å². The van der Waals surface area contributed by atoms with E-state index in [2.05, 4.69) is 26.1 Å². The van der Waals surface area contributed by atoms with Crippen molar-refractivity contribution in [3.8, 4) is 0 Å². The molecule has 1 N–H and O–H groups in total. The minimum Gasteiger partial charge on any atom is -0.366 e. The minimum atomic E-state index is -0.570. The Kier molecular flexibility index (Phi) is 6.63. The quantitative estimate of drug-likeness (QED) is 0.673. The van der Waals surface area contributed by atoms with Gasteiger partial charge in [-0.3, -0.25) is 14.5 Å². The van der Waals surface area contributed by atoms with Gasteiger partial charge in [-0.2, -0.15) is 0 Å². The zero-order valence-corrected chi connectivity index (χ0v) is 22.3. The van der Waals surface area contributed by atoms with Crippen LogP contribution >= 0.6 is 0 Å². The Hall–Kier alpha value is -3.88. The van der Waals surface area contributed by atoms with Crippen LogP contribution in [0.25, 0.3) is 0 Å². The molecule has 0 aromatic heterocycles. The van der Waals surface area contributed by atoms with Gasteiger partial charge in [0.1, 0.15) is 12.4 Å². The van der Waals surface area contributed by atoms with Crippen LogP contribution in [0.1, 0.15) is 37.9 Å². The summed E-state index contributed by atoms with van der Waals surface area (Å²) in [5.74, 6) is -0.670. The lowest BCUT2D eigenvalue weighted by Crippen LogP contribution is -2.51. The van der Waals surface area contributed by atoms with Crippen molar-refractivity contribution in [2.24, 2.45) is 0 Å². The fraction of sp³-hybridized carbons (Fsp3) is 0.414. The summed E-state index contributed by atoms with van der Waals surface area (Å²) in [6.45, 7) is 8.47. The maximum Gasteiger partial charge on any atom is 0.322 e. The summed E-state index contributed by atoms with van der Waals surface area (Å²) >= 11 is 0. The van der Waals surface area contributed by atoms with E-state index in [-0.39, 0.29) is 42.2 Å². The van der Waals surface area contributed by atoms with Crippen LogP contribution < -0.4 is 10.2 Å².